The third-order valence-corrected chi connectivity index (χ3v) is 4.04. The molecule has 0 aliphatic rings. The van der Waals surface area contributed by atoms with Gasteiger partial charge in [0.25, 0.3) is 0 Å². The van der Waals surface area contributed by atoms with Gasteiger partial charge in [0.15, 0.2) is 0 Å². The predicted molar refractivity (Wildman–Crippen MR) is 106 cm³/mol. The molecule has 0 amide bonds. The Kier molecular flexibility index (Phi) is 6.23. The first-order valence-corrected chi connectivity index (χ1v) is 9.13. The van der Waals surface area contributed by atoms with Crippen molar-refractivity contribution < 1.29 is 24.2 Å². The summed E-state index contributed by atoms with van der Waals surface area (Å²) in [5.41, 5.74) is 2.01. The Balaban J connectivity index is 1.57. The number of carbonyl (C=O) groups is 2. The van der Waals surface area contributed by atoms with Gasteiger partial charge in [-0.3, -0.25) is 4.79 Å². The van der Waals surface area contributed by atoms with Gasteiger partial charge in [-0.05, 0) is 44.0 Å². The molecule has 2 aromatic carbocycles. The molecule has 0 aliphatic heterocycles. The van der Waals surface area contributed by atoms with Crippen molar-refractivity contribution in [2.75, 3.05) is 6.61 Å². The number of esters is 2. The number of fused-ring (bicyclic) bond motifs is 1. The third-order valence-electron chi connectivity index (χ3n) is 4.04. The number of nitrogens with zero attached hydrogens (tertiary/aromatic N) is 3. The van der Waals surface area contributed by atoms with Gasteiger partial charge in [-0.1, -0.05) is 18.7 Å². The van der Waals surface area contributed by atoms with Crippen molar-refractivity contribution in [3.8, 4) is 17.2 Å². The van der Waals surface area contributed by atoms with Gasteiger partial charge in [-0.2, -0.15) is 0 Å². The number of aromatic hydroxyl groups is 1. The third kappa shape index (κ3) is 5.19. The molecular weight excluding hydrogens is 374 g/mol. The summed E-state index contributed by atoms with van der Waals surface area (Å²) in [5, 5.41) is 18.8. The van der Waals surface area contributed by atoms with Crippen molar-refractivity contribution in [2.24, 2.45) is 0 Å². The lowest BCUT2D eigenvalue weighted by Gasteiger charge is -2.08. The smallest absolute Gasteiger partial charge is 0.333 e. The highest BCUT2D eigenvalue weighted by Crippen LogP contribution is 2.27. The summed E-state index contributed by atoms with van der Waals surface area (Å²) in [6, 6.07) is 11.7. The van der Waals surface area contributed by atoms with Gasteiger partial charge in [0.05, 0.1) is 6.61 Å². The van der Waals surface area contributed by atoms with E-state index in [4.69, 9.17) is 9.47 Å². The van der Waals surface area contributed by atoms with Crippen LogP contribution in [0.1, 0.15) is 26.2 Å². The number of phenols is 1. The zero-order chi connectivity index (χ0) is 20.8. The Morgan fingerprint density at radius 1 is 1.10 bits per heavy atom. The number of aromatic nitrogens is 3. The fourth-order valence-corrected chi connectivity index (χ4v) is 2.54. The van der Waals surface area contributed by atoms with Gasteiger partial charge in [-0.25, -0.2) is 4.79 Å². The molecular formula is C21H21N3O5. The van der Waals surface area contributed by atoms with E-state index in [9.17, 15) is 14.7 Å². The predicted octanol–water partition coefficient (Wildman–Crippen LogP) is 3.32. The molecule has 3 rings (SSSR count). The minimum Gasteiger partial charge on any atom is -0.506 e. The maximum Gasteiger partial charge on any atom is 0.333 e. The van der Waals surface area contributed by atoms with E-state index >= 15 is 0 Å². The number of carbonyl (C=O) groups excluding carboxylic acids is 2. The van der Waals surface area contributed by atoms with Crippen molar-refractivity contribution in [3.63, 3.8) is 0 Å². The van der Waals surface area contributed by atoms with Crippen LogP contribution in [0.5, 0.6) is 11.5 Å². The summed E-state index contributed by atoms with van der Waals surface area (Å²) >= 11 is 0. The van der Waals surface area contributed by atoms with Gasteiger partial charge in [-0.15, -0.1) is 15.0 Å². The SMILES string of the molecule is C=C(C)C(=O)OCCCCC(=O)Oc1ccc(O)c(-n2nc3ccccc3n2)c1. The van der Waals surface area contributed by atoms with Crippen LogP contribution in [-0.4, -0.2) is 38.6 Å². The number of ether oxygens (including phenoxy) is 2. The first-order chi connectivity index (χ1) is 13.9. The molecule has 0 aliphatic carbocycles. The minimum absolute atomic E-state index is 0.0376. The lowest BCUT2D eigenvalue weighted by Crippen LogP contribution is -2.10. The molecule has 0 unspecified atom stereocenters. The second kappa shape index (κ2) is 9.01. The molecule has 150 valence electrons. The van der Waals surface area contributed by atoms with Crippen LogP contribution in [0, 0.1) is 0 Å². The number of rotatable bonds is 8. The lowest BCUT2D eigenvalue weighted by atomic mass is 10.2. The summed E-state index contributed by atoms with van der Waals surface area (Å²) in [4.78, 5) is 24.6. The van der Waals surface area contributed by atoms with Crippen LogP contribution < -0.4 is 4.74 Å². The average molecular weight is 395 g/mol. The monoisotopic (exact) mass is 395 g/mol. The topological polar surface area (TPSA) is 104 Å². The summed E-state index contributed by atoms with van der Waals surface area (Å²) in [6.45, 7) is 5.30. The maximum absolute atomic E-state index is 12.0. The average Bonchev–Trinajstić information content (AvgIpc) is 3.13. The molecule has 0 fully saturated rings. The number of hydrogen-bond donors (Lipinski definition) is 1. The minimum atomic E-state index is -0.441. The molecule has 1 heterocycles. The molecule has 1 aromatic heterocycles. The van der Waals surface area contributed by atoms with Crippen molar-refractivity contribution >= 4 is 23.0 Å². The molecule has 0 saturated heterocycles. The Labute approximate surface area is 167 Å². The Morgan fingerprint density at radius 2 is 1.79 bits per heavy atom. The molecule has 0 saturated carbocycles. The van der Waals surface area contributed by atoms with Gasteiger partial charge in [0, 0.05) is 18.1 Å². The van der Waals surface area contributed by atoms with Crippen molar-refractivity contribution in [3.05, 3.63) is 54.6 Å². The van der Waals surface area contributed by atoms with Crippen LogP contribution in [0.15, 0.2) is 54.6 Å². The molecule has 0 bridgehead atoms. The maximum atomic E-state index is 12.0. The Bertz CT molecular complexity index is 1020. The van der Waals surface area contributed by atoms with E-state index in [1.807, 2.05) is 24.3 Å². The summed E-state index contributed by atoms with van der Waals surface area (Å²) < 4.78 is 10.3. The van der Waals surface area contributed by atoms with Gasteiger partial charge in [0.1, 0.15) is 28.2 Å². The summed E-state index contributed by atoms with van der Waals surface area (Å²) in [6.07, 6.45) is 1.23. The van der Waals surface area contributed by atoms with Crippen LogP contribution in [0.3, 0.4) is 0 Å². The van der Waals surface area contributed by atoms with Crippen LogP contribution in [0.4, 0.5) is 0 Å². The first-order valence-electron chi connectivity index (χ1n) is 9.13. The quantitative estimate of drug-likeness (QED) is 0.270. The molecule has 8 nitrogen and oxygen atoms in total. The largest absolute Gasteiger partial charge is 0.506 e. The second-order valence-electron chi connectivity index (χ2n) is 6.48. The highest BCUT2D eigenvalue weighted by molar-refractivity contribution is 5.86. The molecule has 0 radical (unpaired) electrons. The summed E-state index contributed by atoms with van der Waals surface area (Å²) in [5.74, 6) is -0.627. The summed E-state index contributed by atoms with van der Waals surface area (Å²) in [7, 11) is 0. The number of unbranched alkanes of at least 4 members (excludes halogenated alkanes) is 1. The lowest BCUT2D eigenvalue weighted by molar-refractivity contribution is -0.139. The van der Waals surface area contributed by atoms with Gasteiger partial charge in [0.2, 0.25) is 0 Å². The van der Waals surface area contributed by atoms with E-state index in [0.717, 1.165) is 0 Å². The Hall–Kier alpha value is -3.68. The molecule has 0 spiro atoms. The van der Waals surface area contributed by atoms with Crippen LogP contribution in [0.25, 0.3) is 16.7 Å². The van der Waals surface area contributed by atoms with E-state index < -0.39 is 11.9 Å². The fourth-order valence-electron chi connectivity index (χ4n) is 2.54. The first kappa shape index (κ1) is 20.1. The van der Waals surface area contributed by atoms with Crippen molar-refractivity contribution in [2.45, 2.75) is 26.2 Å². The van der Waals surface area contributed by atoms with Gasteiger partial charge < -0.3 is 14.6 Å². The molecule has 3 aromatic rings. The molecule has 29 heavy (non-hydrogen) atoms. The number of benzene rings is 2. The Morgan fingerprint density at radius 3 is 2.45 bits per heavy atom. The van der Waals surface area contributed by atoms with E-state index in [1.54, 1.807) is 6.92 Å². The molecule has 8 heteroatoms. The zero-order valence-electron chi connectivity index (χ0n) is 16.0. The highest BCUT2D eigenvalue weighted by Gasteiger charge is 2.12. The molecule has 1 N–H and O–H groups in total. The standard InChI is InChI=1S/C21H21N3O5/c1-14(2)21(27)28-12-6-5-9-20(26)29-15-10-11-19(25)18(13-15)24-22-16-7-3-4-8-17(16)23-24/h3-4,7-8,10-11,13,25H,1,5-6,9,12H2,2H3. The van der Waals surface area contributed by atoms with Crippen LogP contribution in [-0.2, 0) is 14.3 Å². The fraction of sp³-hybridized carbons (Fsp3) is 0.238. The number of hydrogen-bond acceptors (Lipinski definition) is 7. The van der Waals surface area contributed by atoms with Crippen molar-refractivity contribution in [1.82, 2.24) is 15.0 Å². The van der Waals surface area contributed by atoms with Crippen LogP contribution >= 0.6 is 0 Å². The van der Waals surface area contributed by atoms with E-state index in [1.165, 1.54) is 23.0 Å². The van der Waals surface area contributed by atoms with Gasteiger partial charge >= 0.3 is 11.9 Å². The van der Waals surface area contributed by atoms with Crippen molar-refractivity contribution in [1.29, 1.82) is 0 Å². The van der Waals surface area contributed by atoms with E-state index in [0.29, 0.717) is 35.1 Å². The normalized spacial score (nSPS) is 10.7. The molecule has 0 atom stereocenters. The van der Waals surface area contributed by atoms with E-state index in [2.05, 4.69) is 16.8 Å². The zero-order valence-corrected chi connectivity index (χ0v) is 16.0. The van der Waals surface area contributed by atoms with E-state index in [-0.39, 0.29) is 24.5 Å². The van der Waals surface area contributed by atoms with Crippen LogP contribution in [0.2, 0.25) is 0 Å². The second-order valence-corrected chi connectivity index (χ2v) is 6.48. The highest BCUT2D eigenvalue weighted by atomic mass is 16.5. The number of phenolic OH excluding ortho intramolecular Hbond substituents is 1.